The number of nitrogens with zero attached hydrogens (tertiary/aromatic N) is 1. The van der Waals surface area contributed by atoms with Gasteiger partial charge in [-0.2, -0.15) is 0 Å². The highest BCUT2D eigenvalue weighted by Crippen LogP contribution is 2.30. The van der Waals surface area contributed by atoms with Crippen molar-refractivity contribution in [1.29, 1.82) is 0 Å². The van der Waals surface area contributed by atoms with Crippen LogP contribution in [0.25, 0.3) is 0 Å². The Morgan fingerprint density at radius 3 is 2.41 bits per heavy atom. The van der Waals surface area contributed by atoms with Crippen molar-refractivity contribution in [2.24, 2.45) is 0 Å². The molecule has 27 heavy (non-hydrogen) atoms. The van der Waals surface area contributed by atoms with E-state index in [1.54, 1.807) is 30.2 Å². The smallest absolute Gasteiger partial charge is 0.322 e. The van der Waals surface area contributed by atoms with Crippen LogP contribution in [0.15, 0.2) is 48.5 Å². The lowest BCUT2D eigenvalue weighted by atomic mass is 10.2. The molecule has 3 amide bonds. The molecule has 3 rings (SSSR count). The summed E-state index contributed by atoms with van der Waals surface area (Å²) in [4.78, 5) is 26.9. The predicted molar refractivity (Wildman–Crippen MR) is 103 cm³/mol. The SMILES string of the molecule is COc1ccc(NC(=O)[C@@H]2CCCN2C(=O)Nc2ccccc2)cc1OC. The normalized spacial score (nSPS) is 15.9. The number of likely N-dealkylation sites (tertiary alicyclic amines) is 1. The second-order valence-corrected chi connectivity index (χ2v) is 6.21. The van der Waals surface area contributed by atoms with Gasteiger partial charge in [-0.15, -0.1) is 0 Å². The molecule has 0 saturated carbocycles. The highest BCUT2D eigenvalue weighted by atomic mass is 16.5. The number of para-hydroxylation sites is 1. The lowest BCUT2D eigenvalue weighted by Gasteiger charge is -2.24. The Morgan fingerprint density at radius 2 is 1.70 bits per heavy atom. The van der Waals surface area contributed by atoms with Crippen molar-refractivity contribution in [3.8, 4) is 11.5 Å². The molecule has 0 spiro atoms. The van der Waals surface area contributed by atoms with Crippen molar-refractivity contribution in [3.63, 3.8) is 0 Å². The van der Waals surface area contributed by atoms with Crippen LogP contribution in [0.3, 0.4) is 0 Å². The number of methoxy groups -OCH3 is 2. The van der Waals surface area contributed by atoms with Crippen molar-refractivity contribution < 1.29 is 19.1 Å². The fourth-order valence-corrected chi connectivity index (χ4v) is 3.14. The molecule has 1 atom stereocenters. The number of carbonyl (C=O) groups excluding carboxylic acids is 2. The molecule has 0 radical (unpaired) electrons. The minimum atomic E-state index is -0.512. The Kier molecular flexibility index (Phi) is 5.80. The van der Waals surface area contributed by atoms with E-state index in [0.717, 1.165) is 6.42 Å². The fraction of sp³-hybridized carbons (Fsp3) is 0.300. The summed E-state index contributed by atoms with van der Waals surface area (Å²) in [5.41, 5.74) is 1.29. The molecule has 0 aliphatic carbocycles. The van der Waals surface area contributed by atoms with Crippen molar-refractivity contribution in [2.45, 2.75) is 18.9 Å². The average molecular weight is 369 g/mol. The maximum absolute atomic E-state index is 12.7. The van der Waals surface area contributed by atoms with Crippen molar-refractivity contribution in [3.05, 3.63) is 48.5 Å². The van der Waals surface area contributed by atoms with Gasteiger partial charge in [0.15, 0.2) is 11.5 Å². The summed E-state index contributed by atoms with van der Waals surface area (Å²) >= 11 is 0. The number of nitrogens with one attached hydrogen (secondary N) is 2. The number of urea groups is 1. The van der Waals surface area contributed by atoms with E-state index in [4.69, 9.17) is 9.47 Å². The van der Waals surface area contributed by atoms with Gasteiger partial charge in [0, 0.05) is 24.0 Å². The topological polar surface area (TPSA) is 79.9 Å². The number of hydrogen-bond donors (Lipinski definition) is 2. The molecule has 2 aromatic rings. The summed E-state index contributed by atoms with van der Waals surface area (Å²) in [7, 11) is 3.09. The molecule has 142 valence electrons. The van der Waals surface area contributed by atoms with Crippen LogP contribution in [0.2, 0.25) is 0 Å². The van der Waals surface area contributed by atoms with Crippen molar-refractivity contribution >= 4 is 23.3 Å². The lowest BCUT2D eigenvalue weighted by molar-refractivity contribution is -0.119. The van der Waals surface area contributed by atoms with Crippen LogP contribution in [0.1, 0.15) is 12.8 Å². The molecule has 0 unspecified atom stereocenters. The van der Waals surface area contributed by atoms with Gasteiger partial charge in [0.1, 0.15) is 6.04 Å². The van der Waals surface area contributed by atoms with E-state index in [1.807, 2.05) is 30.3 Å². The Labute approximate surface area is 158 Å². The second-order valence-electron chi connectivity index (χ2n) is 6.21. The number of hydrogen-bond acceptors (Lipinski definition) is 4. The molecule has 2 aromatic carbocycles. The zero-order valence-electron chi connectivity index (χ0n) is 15.4. The average Bonchev–Trinajstić information content (AvgIpc) is 3.19. The Bertz CT molecular complexity index is 810. The zero-order chi connectivity index (χ0) is 19.2. The first-order chi connectivity index (χ1) is 13.1. The molecule has 7 heteroatoms. The van der Waals surface area contributed by atoms with Gasteiger partial charge >= 0.3 is 6.03 Å². The first-order valence-corrected chi connectivity index (χ1v) is 8.78. The van der Waals surface area contributed by atoms with Gasteiger partial charge < -0.3 is 25.0 Å². The van der Waals surface area contributed by atoms with E-state index in [9.17, 15) is 9.59 Å². The van der Waals surface area contributed by atoms with Crippen LogP contribution in [0.4, 0.5) is 16.2 Å². The summed E-state index contributed by atoms with van der Waals surface area (Å²) in [6.07, 6.45) is 1.41. The standard InChI is InChI=1S/C20H23N3O4/c1-26-17-11-10-15(13-18(17)27-2)21-19(24)16-9-6-12-23(16)20(25)22-14-7-4-3-5-8-14/h3-5,7-8,10-11,13,16H,6,9,12H2,1-2H3,(H,21,24)(H,22,25)/t16-/m0/s1. The van der Waals surface area contributed by atoms with Gasteiger partial charge in [-0.1, -0.05) is 18.2 Å². The highest BCUT2D eigenvalue weighted by Gasteiger charge is 2.34. The molecular formula is C20H23N3O4. The summed E-state index contributed by atoms with van der Waals surface area (Å²) in [5, 5.41) is 5.70. The lowest BCUT2D eigenvalue weighted by Crippen LogP contribution is -2.45. The fourth-order valence-electron chi connectivity index (χ4n) is 3.14. The molecule has 1 aliphatic heterocycles. The minimum Gasteiger partial charge on any atom is -0.493 e. The van der Waals surface area contributed by atoms with Gasteiger partial charge in [0.2, 0.25) is 5.91 Å². The summed E-state index contributed by atoms with van der Waals surface area (Å²) in [6, 6.07) is 13.6. The van der Waals surface area contributed by atoms with Crippen LogP contribution in [0, 0.1) is 0 Å². The second kappa shape index (κ2) is 8.44. The molecule has 0 aromatic heterocycles. The molecular weight excluding hydrogens is 346 g/mol. The maximum atomic E-state index is 12.7. The van der Waals surface area contributed by atoms with Gasteiger partial charge in [-0.25, -0.2) is 4.79 Å². The van der Waals surface area contributed by atoms with Crippen LogP contribution in [-0.2, 0) is 4.79 Å². The van der Waals surface area contributed by atoms with Gasteiger partial charge in [0.05, 0.1) is 14.2 Å². The quantitative estimate of drug-likeness (QED) is 0.847. The Morgan fingerprint density at radius 1 is 0.963 bits per heavy atom. The van der Waals surface area contributed by atoms with E-state index >= 15 is 0 Å². The summed E-state index contributed by atoms with van der Waals surface area (Å²) in [5.74, 6) is 0.892. The number of amides is 3. The molecule has 1 saturated heterocycles. The molecule has 1 aliphatic rings. The highest BCUT2D eigenvalue weighted by molar-refractivity contribution is 5.99. The minimum absolute atomic E-state index is 0.220. The molecule has 2 N–H and O–H groups in total. The molecule has 1 fully saturated rings. The van der Waals surface area contributed by atoms with Gasteiger partial charge in [-0.05, 0) is 37.1 Å². The predicted octanol–water partition coefficient (Wildman–Crippen LogP) is 3.34. The molecule has 0 bridgehead atoms. The zero-order valence-corrected chi connectivity index (χ0v) is 15.4. The number of anilines is 2. The largest absolute Gasteiger partial charge is 0.493 e. The number of carbonyl (C=O) groups is 2. The van der Waals surface area contributed by atoms with E-state index in [2.05, 4.69) is 10.6 Å². The van der Waals surface area contributed by atoms with Gasteiger partial charge in [0.25, 0.3) is 0 Å². The third-order valence-electron chi connectivity index (χ3n) is 4.49. The number of rotatable bonds is 5. The molecule has 1 heterocycles. The van der Waals surface area contributed by atoms with Crippen LogP contribution >= 0.6 is 0 Å². The number of benzene rings is 2. The first-order valence-electron chi connectivity index (χ1n) is 8.78. The van der Waals surface area contributed by atoms with Crippen molar-refractivity contribution in [2.75, 3.05) is 31.4 Å². The van der Waals surface area contributed by atoms with E-state index in [0.29, 0.717) is 35.8 Å². The van der Waals surface area contributed by atoms with Crippen molar-refractivity contribution in [1.82, 2.24) is 4.90 Å². The Balaban J connectivity index is 1.67. The Hall–Kier alpha value is -3.22. The summed E-state index contributed by atoms with van der Waals surface area (Å²) < 4.78 is 10.5. The third kappa shape index (κ3) is 4.31. The first kappa shape index (κ1) is 18.6. The third-order valence-corrected chi connectivity index (χ3v) is 4.49. The van der Waals surface area contributed by atoms with Crippen LogP contribution < -0.4 is 20.1 Å². The van der Waals surface area contributed by atoms with Crippen LogP contribution in [0.5, 0.6) is 11.5 Å². The molecule has 7 nitrogen and oxygen atoms in total. The van der Waals surface area contributed by atoms with E-state index < -0.39 is 6.04 Å². The van der Waals surface area contributed by atoms with Gasteiger partial charge in [-0.3, -0.25) is 4.79 Å². The van der Waals surface area contributed by atoms with E-state index in [-0.39, 0.29) is 11.9 Å². The monoisotopic (exact) mass is 369 g/mol. The maximum Gasteiger partial charge on any atom is 0.322 e. The number of ether oxygens (including phenoxy) is 2. The van der Waals surface area contributed by atoms with Crippen LogP contribution in [-0.4, -0.2) is 43.6 Å². The summed E-state index contributed by atoms with van der Waals surface area (Å²) in [6.45, 7) is 0.544. The van der Waals surface area contributed by atoms with E-state index in [1.165, 1.54) is 7.11 Å².